The van der Waals surface area contributed by atoms with Crippen LogP contribution in [0.2, 0.25) is 0 Å². The van der Waals surface area contributed by atoms with Crippen LogP contribution in [0.4, 0.5) is 5.00 Å². The summed E-state index contributed by atoms with van der Waals surface area (Å²) in [6.07, 6.45) is 0. The zero-order chi connectivity index (χ0) is 22.0. The van der Waals surface area contributed by atoms with Crippen molar-refractivity contribution in [3.8, 4) is 16.9 Å². The predicted molar refractivity (Wildman–Crippen MR) is 118 cm³/mol. The molecule has 0 aliphatic carbocycles. The maximum absolute atomic E-state index is 13.0. The number of carbonyl (C=O) groups is 2. The van der Waals surface area contributed by atoms with Crippen LogP contribution < -0.4 is 15.6 Å². The Morgan fingerprint density at radius 2 is 1.84 bits per heavy atom. The number of rotatable bonds is 5. The van der Waals surface area contributed by atoms with Gasteiger partial charge in [0, 0.05) is 16.3 Å². The third-order valence-corrected chi connectivity index (χ3v) is 5.61. The molecule has 4 rings (SSSR count). The molecule has 8 heteroatoms. The third-order valence-electron chi connectivity index (χ3n) is 4.71. The summed E-state index contributed by atoms with van der Waals surface area (Å²) >= 11 is 1.21. The molecule has 0 fully saturated rings. The Labute approximate surface area is 181 Å². The first-order valence-corrected chi connectivity index (χ1v) is 10.1. The number of para-hydroxylation sites is 1. The molecule has 7 nitrogen and oxygen atoms in total. The van der Waals surface area contributed by atoms with Crippen LogP contribution in [0.5, 0.6) is 5.75 Å². The van der Waals surface area contributed by atoms with Gasteiger partial charge in [0.05, 0.1) is 14.2 Å². The fourth-order valence-corrected chi connectivity index (χ4v) is 4.17. The Morgan fingerprint density at radius 1 is 1.06 bits per heavy atom. The molecule has 0 saturated heterocycles. The lowest BCUT2D eigenvalue weighted by Gasteiger charge is -2.09. The standard InChI is InChI=1S/C23H18N2O5S/c1-28-17-10-6-9-14-11-15(20(24)30-19(14)17)21(26)25-22-18(23(27)29-2)16(12-31-22)13-7-4-3-5-8-13/h3-12,24H,1-2H3,(H,25,26). The summed E-state index contributed by atoms with van der Waals surface area (Å²) in [6, 6.07) is 16.2. The lowest BCUT2D eigenvalue weighted by molar-refractivity contribution is 0.0603. The van der Waals surface area contributed by atoms with E-state index in [-0.39, 0.29) is 16.7 Å². The Balaban J connectivity index is 1.74. The molecule has 1 amide bonds. The summed E-state index contributed by atoms with van der Waals surface area (Å²) in [4.78, 5) is 25.5. The van der Waals surface area contributed by atoms with Gasteiger partial charge < -0.3 is 19.2 Å². The van der Waals surface area contributed by atoms with Gasteiger partial charge in [-0.05, 0) is 17.7 Å². The highest BCUT2D eigenvalue weighted by atomic mass is 32.1. The Bertz CT molecular complexity index is 1340. The zero-order valence-electron chi connectivity index (χ0n) is 16.7. The predicted octanol–water partition coefficient (Wildman–Crippen LogP) is 4.69. The summed E-state index contributed by atoms with van der Waals surface area (Å²) in [7, 11) is 2.79. The number of anilines is 1. The van der Waals surface area contributed by atoms with E-state index in [0.29, 0.717) is 27.3 Å². The number of thiophene rings is 1. The number of fused-ring (bicyclic) bond motifs is 1. The van der Waals surface area contributed by atoms with E-state index in [0.717, 1.165) is 5.56 Å². The van der Waals surface area contributed by atoms with E-state index < -0.39 is 11.9 Å². The molecule has 0 radical (unpaired) electrons. The molecular weight excluding hydrogens is 416 g/mol. The van der Waals surface area contributed by atoms with Crippen LogP contribution in [0.15, 0.2) is 64.4 Å². The first kappa shape index (κ1) is 20.4. The Morgan fingerprint density at radius 3 is 2.55 bits per heavy atom. The topological polar surface area (TPSA) is 102 Å². The fourth-order valence-electron chi connectivity index (χ4n) is 3.22. The number of amides is 1. The summed E-state index contributed by atoms with van der Waals surface area (Å²) in [6.45, 7) is 0. The van der Waals surface area contributed by atoms with Gasteiger partial charge in [0.2, 0.25) is 5.55 Å². The molecule has 0 bridgehead atoms. The normalized spacial score (nSPS) is 10.6. The van der Waals surface area contributed by atoms with Crippen molar-refractivity contribution in [2.24, 2.45) is 0 Å². The van der Waals surface area contributed by atoms with Crippen LogP contribution in [0.25, 0.3) is 22.1 Å². The Kier molecular flexibility index (Phi) is 5.55. The first-order valence-electron chi connectivity index (χ1n) is 9.25. The number of carbonyl (C=O) groups excluding carboxylic acids is 2. The molecule has 0 saturated carbocycles. The minimum Gasteiger partial charge on any atom is -0.493 e. The number of hydrogen-bond donors (Lipinski definition) is 2. The van der Waals surface area contributed by atoms with Crippen molar-refractivity contribution < 1.29 is 23.5 Å². The van der Waals surface area contributed by atoms with Crippen LogP contribution in [0.3, 0.4) is 0 Å². The monoisotopic (exact) mass is 434 g/mol. The minimum absolute atomic E-state index is 0.0335. The van der Waals surface area contributed by atoms with Gasteiger partial charge in [-0.15, -0.1) is 11.3 Å². The van der Waals surface area contributed by atoms with E-state index in [1.807, 2.05) is 30.3 Å². The van der Waals surface area contributed by atoms with E-state index in [1.54, 1.807) is 29.6 Å². The molecule has 0 aliphatic heterocycles. The van der Waals surface area contributed by atoms with Crippen LogP contribution in [-0.2, 0) is 4.74 Å². The molecular formula is C23H18N2O5S. The van der Waals surface area contributed by atoms with Crippen molar-refractivity contribution >= 4 is 39.2 Å². The molecule has 2 heterocycles. The second-order valence-electron chi connectivity index (χ2n) is 6.53. The molecule has 2 N–H and O–H groups in total. The van der Waals surface area contributed by atoms with Crippen molar-refractivity contribution in [2.75, 3.05) is 19.5 Å². The van der Waals surface area contributed by atoms with Gasteiger partial charge >= 0.3 is 5.97 Å². The van der Waals surface area contributed by atoms with E-state index in [4.69, 9.17) is 19.3 Å². The van der Waals surface area contributed by atoms with E-state index in [1.165, 1.54) is 25.6 Å². The van der Waals surface area contributed by atoms with Crippen molar-refractivity contribution in [1.29, 1.82) is 5.41 Å². The number of ether oxygens (including phenoxy) is 2. The van der Waals surface area contributed by atoms with Crippen molar-refractivity contribution in [3.63, 3.8) is 0 Å². The lowest BCUT2D eigenvalue weighted by Crippen LogP contribution is -2.21. The highest BCUT2D eigenvalue weighted by molar-refractivity contribution is 7.15. The summed E-state index contributed by atoms with van der Waals surface area (Å²) in [5.41, 5.74) is 1.85. The summed E-state index contributed by atoms with van der Waals surface area (Å²) in [5.74, 6) is -0.656. The van der Waals surface area contributed by atoms with Crippen molar-refractivity contribution in [2.45, 2.75) is 0 Å². The van der Waals surface area contributed by atoms with Crippen LogP contribution >= 0.6 is 11.3 Å². The highest BCUT2D eigenvalue weighted by Gasteiger charge is 2.23. The number of hydrogen-bond acceptors (Lipinski definition) is 7. The maximum atomic E-state index is 13.0. The average Bonchev–Trinajstić information content (AvgIpc) is 3.21. The van der Waals surface area contributed by atoms with Gasteiger partial charge in [0.25, 0.3) is 5.91 Å². The van der Waals surface area contributed by atoms with E-state index >= 15 is 0 Å². The molecule has 0 unspecified atom stereocenters. The summed E-state index contributed by atoms with van der Waals surface area (Å²) < 4.78 is 15.7. The number of methoxy groups -OCH3 is 2. The van der Waals surface area contributed by atoms with Gasteiger partial charge in [0.15, 0.2) is 11.3 Å². The fraction of sp³-hybridized carbons (Fsp3) is 0.0870. The average molecular weight is 434 g/mol. The number of nitrogens with one attached hydrogen (secondary N) is 2. The summed E-state index contributed by atoms with van der Waals surface area (Å²) in [5, 5.41) is 13.6. The molecule has 0 aliphatic rings. The van der Waals surface area contributed by atoms with Crippen LogP contribution in [0, 0.1) is 5.41 Å². The third kappa shape index (κ3) is 3.80. The number of benzene rings is 2. The van der Waals surface area contributed by atoms with Crippen LogP contribution in [0.1, 0.15) is 20.7 Å². The van der Waals surface area contributed by atoms with Crippen molar-refractivity contribution in [3.05, 3.63) is 76.7 Å². The van der Waals surface area contributed by atoms with E-state index in [9.17, 15) is 9.59 Å². The van der Waals surface area contributed by atoms with Gasteiger partial charge in [0.1, 0.15) is 16.1 Å². The van der Waals surface area contributed by atoms with E-state index in [2.05, 4.69) is 5.32 Å². The minimum atomic E-state index is -0.565. The zero-order valence-corrected chi connectivity index (χ0v) is 17.5. The van der Waals surface area contributed by atoms with Gasteiger partial charge in [-0.2, -0.15) is 0 Å². The molecule has 0 spiro atoms. The second kappa shape index (κ2) is 8.45. The maximum Gasteiger partial charge on any atom is 0.341 e. The lowest BCUT2D eigenvalue weighted by atomic mass is 10.0. The quantitative estimate of drug-likeness (QED) is 0.444. The molecule has 2 aromatic heterocycles. The highest BCUT2D eigenvalue weighted by Crippen LogP contribution is 2.36. The largest absolute Gasteiger partial charge is 0.493 e. The molecule has 0 atom stereocenters. The molecule has 2 aromatic carbocycles. The number of esters is 1. The van der Waals surface area contributed by atoms with Gasteiger partial charge in [-0.25, -0.2) is 4.79 Å². The SMILES string of the molecule is COC(=O)c1c(-c2ccccc2)csc1NC(=O)c1cc2cccc(OC)c2oc1=N. The van der Waals surface area contributed by atoms with Crippen LogP contribution in [-0.4, -0.2) is 26.1 Å². The smallest absolute Gasteiger partial charge is 0.341 e. The van der Waals surface area contributed by atoms with Gasteiger partial charge in [-0.1, -0.05) is 42.5 Å². The van der Waals surface area contributed by atoms with Crippen molar-refractivity contribution in [1.82, 2.24) is 0 Å². The Hall–Kier alpha value is -3.91. The second-order valence-corrected chi connectivity index (χ2v) is 7.41. The molecule has 156 valence electrons. The molecule has 31 heavy (non-hydrogen) atoms. The molecule has 4 aromatic rings. The first-order chi connectivity index (χ1) is 15.0. The van der Waals surface area contributed by atoms with Gasteiger partial charge in [-0.3, -0.25) is 10.2 Å².